The van der Waals surface area contributed by atoms with Crippen LogP contribution in [0, 0.1) is 11.8 Å². The Bertz CT molecular complexity index is 1020. The number of likely N-dealkylation sites (N-methyl/N-ethyl adjacent to an activating group) is 1. The van der Waals surface area contributed by atoms with E-state index in [1.807, 2.05) is 51.1 Å². The number of hydrogen-bond donors (Lipinski definition) is 6. The van der Waals surface area contributed by atoms with Crippen LogP contribution in [0.5, 0.6) is 0 Å². The van der Waals surface area contributed by atoms with Crippen LogP contribution in [0.1, 0.15) is 85.6 Å². The summed E-state index contributed by atoms with van der Waals surface area (Å²) in [5.41, 5.74) is 1.02. The minimum atomic E-state index is -0.985. The highest BCUT2D eigenvalue weighted by Crippen LogP contribution is 2.12. The third kappa shape index (κ3) is 15.5. The van der Waals surface area contributed by atoms with Crippen LogP contribution in [-0.4, -0.2) is 72.0 Å². The predicted octanol–water partition coefficient (Wildman–Crippen LogP) is 2.53. The van der Waals surface area contributed by atoms with E-state index in [0.717, 1.165) is 5.56 Å². The predicted molar refractivity (Wildman–Crippen MR) is 167 cm³/mol. The van der Waals surface area contributed by atoms with Crippen LogP contribution in [0.25, 0.3) is 0 Å². The van der Waals surface area contributed by atoms with E-state index < -0.39 is 35.9 Å². The monoisotopic (exact) mass is 603 g/mol. The minimum absolute atomic E-state index is 0.0109. The van der Waals surface area contributed by atoms with Gasteiger partial charge in [0, 0.05) is 32.0 Å². The Morgan fingerprint density at radius 2 is 1.51 bits per heavy atom. The molecule has 0 saturated carbocycles. The second kappa shape index (κ2) is 20.4. The van der Waals surface area contributed by atoms with Gasteiger partial charge in [-0.05, 0) is 56.9 Å². The van der Waals surface area contributed by atoms with Gasteiger partial charge in [0.2, 0.25) is 23.6 Å². The largest absolute Gasteiger partial charge is 0.481 e. The van der Waals surface area contributed by atoms with Crippen molar-refractivity contribution in [1.82, 2.24) is 26.6 Å². The molecule has 0 aliphatic carbocycles. The molecule has 0 bridgehead atoms. The van der Waals surface area contributed by atoms with E-state index in [1.165, 1.54) is 0 Å². The third-order valence-electron chi connectivity index (χ3n) is 7.32. The molecule has 0 aliphatic rings. The van der Waals surface area contributed by atoms with E-state index in [9.17, 15) is 24.0 Å². The molecule has 1 aromatic rings. The van der Waals surface area contributed by atoms with Gasteiger partial charge in [-0.2, -0.15) is 0 Å². The van der Waals surface area contributed by atoms with Crippen LogP contribution >= 0.6 is 0 Å². The van der Waals surface area contributed by atoms with Gasteiger partial charge in [0.1, 0.15) is 12.1 Å². The van der Waals surface area contributed by atoms with Crippen molar-refractivity contribution < 1.29 is 29.1 Å². The summed E-state index contributed by atoms with van der Waals surface area (Å²) in [7, 11) is 0. The van der Waals surface area contributed by atoms with Gasteiger partial charge in [-0.15, -0.1) is 0 Å². The summed E-state index contributed by atoms with van der Waals surface area (Å²) >= 11 is 0. The summed E-state index contributed by atoms with van der Waals surface area (Å²) in [4.78, 5) is 62.8. The van der Waals surface area contributed by atoms with Crippen LogP contribution in [0.3, 0.4) is 0 Å². The minimum Gasteiger partial charge on any atom is -0.481 e. The fourth-order valence-electron chi connectivity index (χ4n) is 4.64. The van der Waals surface area contributed by atoms with Crippen molar-refractivity contribution in [2.75, 3.05) is 13.1 Å². The van der Waals surface area contributed by atoms with Crippen LogP contribution in [-0.2, 0) is 30.4 Å². The number of amides is 4. The Morgan fingerprint density at radius 3 is 2.09 bits per heavy atom. The molecule has 11 nitrogen and oxygen atoms in total. The standard InChI is InChI=1S/C32H53N5O6/c1-7-22(5)29(37-27(38)15-12-16-28(39)40)32(43)36-26(18-17-24-13-10-9-11-14-24)31(42)35-25(19-21(3)4)20-34-23(6)30(41)33-8-2/h9-11,13-14,21-23,25-26,29,34H,7-8,12,15-20H2,1-6H3,(H,33,41)(H,35,42)(H,36,43)(H,37,38)(H,39,40)/t22?,23-,25-,26-,29-/m0/s1. The Morgan fingerprint density at radius 1 is 0.837 bits per heavy atom. The topological polar surface area (TPSA) is 166 Å². The second-order valence-corrected chi connectivity index (χ2v) is 11.6. The fourth-order valence-corrected chi connectivity index (χ4v) is 4.64. The molecule has 0 fully saturated rings. The molecule has 0 spiro atoms. The number of benzene rings is 1. The zero-order valence-corrected chi connectivity index (χ0v) is 26.7. The van der Waals surface area contributed by atoms with Gasteiger partial charge in [0.25, 0.3) is 0 Å². The zero-order valence-electron chi connectivity index (χ0n) is 26.7. The summed E-state index contributed by atoms with van der Waals surface area (Å²) in [5.74, 6) is -2.25. The average molecular weight is 604 g/mol. The number of aryl methyl sites for hydroxylation is 1. The lowest BCUT2D eigenvalue weighted by molar-refractivity contribution is -0.137. The van der Waals surface area contributed by atoms with Crippen LogP contribution in [0.15, 0.2) is 30.3 Å². The molecule has 5 atom stereocenters. The van der Waals surface area contributed by atoms with Crippen molar-refractivity contribution in [1.29, 1.82) is 0 Å². The first-order valence-corrected chi connectivity index (χ1v) is 15.5. The summed E-state index contributed by atoms with van der Waals surface area (Å²) in [5, 5.41) is 23.6. The first kappa shape index (κ1) is 37.6. The Kier molecular flexibility index (Phi) is 17.9. The van der Waals surface area contributed by atoms with Gasteiger partial charge in [0.05, 0.1) is 6.04 Å². The van der Waals surface area contributed by atoms with Gasteiger partial charge in [0.15, 0.2) is 0 Å². The number of carbonyl (C=O) groups is 5. The molecule has 0 aromatic heterocycles. The van der Waals surface area contributed by atoms with E-state index in [2.05, 4.69) is 40.4 Å². The van der Waals surface area contributed by atoms with E-state index >= 15 is 0 Å². The Labute approximate surface area is 256 Å². The summed E-state index contributed by atoms with van der Waals surface area (Å²) in [6.45, 7) is 12.4. The maximum Gasteiger partial charge on any atom is 0.303 e. The average Bonchev–Trinajstić information content (AvgIpc) is 2.96. The van der Waals surface area contributed by atoms with Gasteiger partial charge in [-0.3, -0.25) is 24.0 Å². The van der Waals surface area contributed by atoms with E-state index in [1.54, 1.807) is 6.92 Å². The number of carboxylic acids is 1. The van der Waals surface area contributed by atoms with Crippen molar-refractivity contribution in [2.45, 2.75) is 111 Å². The molecule has 0 radical (unpaired) electrons. The third-order valence-corrected chi connectivity index (χ3v) is 7.32. The summed E-state index contributed by atoms with van der Waals surface area (Å²) < 4.78 is 0. The molecular weight excluding hydrogens is 550 g/mol. The lowest BCUT2D eigenvalue weighted by Crippen LogP contribution is -2.57. The number of carbonyl (C=O) groups excluding carboxylic acids is 4. The van der Waals surface area contributed by atoms with E-state index in [0.29, 0.717) is 38.8 Å². The first-order chi connectivity index (χ1) is 20.4. The normalized spacial score (nSPS) is 14.6. The van der Waals surface area contributed by atoms with Crippen molar-refractivity contribution in [2.24, 2.45) is 11.8 Å². The van der Waals surface area contributed by atoms with E-state index in [4.69, 9.17) is 5.11 Å². The lowest BCUT2D eigenvalue weighted by atomic mass is 9.96. The Hall–Kier alpha value is -3.47. The number of aliphatic carboxylic acids is 1. The lowest BCUT2D eigenvalue weighted by Gasteiger charge is -2.29. The fraction of sp³-hybridized carbons (Fsp3) is 0.656. The molecule has 0 saturated heterocycles. The van der Waals surface area contributed by atoms with Crippen LogP contribution in [0.4, 0.5) is 0 Å². The molecule has 6 N–H and O–H groups in total. The van der Waals surface area contributed by atoms with Gasteiger partial charge < -0.3 is 31.7 Å². The SMILES string of the molecule is CCNC(=O)[C@H](C)NC[C@H](CC(C)C)NC(=O)[C@H](CCc1ccccc1)NC(=O)[C@@H](NC(=O)CCCC(=O)O)C(C)CC. The molecule has 1 unspecified atom stereocenters. The number of hydrogen-bond acceptors (Lipinski definition) is 6. The maximum absolute atomic E-state index is 13.7. The molecule has 0 heterocycles. The van der Waals surface area contributed by atoms with Crippen molar-refractivity contribution in [3.63, 3.8) is 0 Å². The molecular formula is C32H53N5O6. The summed E-state index contributed by atoms with van der Waals surface area (Å²) in [6, 6.07) is 7.23. The van der Waals surface area contributed by atoms with Gasteiger partial charge >= 0.3 is 5.97 Å². The first-order valence-electron chi connectivity index (χ1n) is 15.5. The van der Waals surface area contributed by atoms with Crippen molar-refractivity contribution in [3.8, 4) is 0 Å². The van der Waals surface area contributed by atoms with Crippen LogP contribution < -0.4 is 26.6 Å². The van der Waals surface area contributed by atoms with Crippen LogP contribution in [0.2, 0.25) is 0 Å². The smallest absolute Gasteiger partial charge is 0.303 e. The molecule has 1 aromatic carbocycles. The molecule has 242 valence electrons. The number of nitrogens with one attached hydrogen (secondary N) is 5. The molecule has 1 rings (SSSR count). The highest BCUT2D eigenvalue weighted by Gasteiger charge is 2.31. The van der Waals surface area contributed by atoms with Gasteiger partial charge in [-0.25, -0.2) is 0 Å². The van der Waals surface area contributed by atoms with E-state index in [-0.39, 0.29) is 49.0 Å². The number of carboxylic acid groups (broad SMARTS) is 1. The Balaban J connectivity index is 3.09. The molecule has 11 heteroatoms. The number of rotatable bonds is 21. The van der Waals surface area contributed by atoms with Crippen molar-refractivity contribution in [3.05, 3.63) is 35.9 Å². The quantitative estimate of drug-likeness (QED) is 0.126. The molecule has 4 amide bonds. The highest BCUT2D eigenvalue weighted by molar-refractivity contribution is 5.92. The maximum atomic E-state index is 13.7. The molecule has 0 aliphatic heterocycles. The highest BCUT2D eigenvalue weighted by atomic mass is 16.4. The molecule has 43 heavy (non-hydrogen) atoms. The summed E-state index contributed by atoms with van der Waals surface area (Å²) in [6.07, 6.45) is 2.20. The zero-order chi connectivity index (χ0) is 32.4. The van der Waals surface area contributed by atoms with Gasteiger partial charge in [-0.1, -0.05) is 64.4 Å². The van der Waals surface area contributed by atoms with Crippen molar-refractivity contribution >= 4 is 29.6 Å². The second-order valence-electron chi connectivity index (χ2n) is 11.6.